The van der Waals surface area contributed by atoms with Crippen molar-refractivity contribution in [3.05, 3.63) is 35.4 Å². The zero-order chi connectivity index (χ0) is 10.4. The second kappa shape index (κ2) is 5.25. The van der Waals surface area contributed by atoms with Crippen LogP contribution < -0.4 is 5.32 Å². The molecule has 0 saturated heterocycles. The van der Waals surface area contributed by atoms with Crippen molar-refractivity contribution in [1.82, 2.24) is 5.32 Å². The van der Waals surface area contributed by atoms with Crippen LogP contribution >= 0.6 is 11.6 Å². The van der Waals surface area contributed by atoms with Crippen LogP contribution in [0.4, 0.5) is 0 Å². The Balaban J connectivity index is 2.53. The number of amides is 1. The molecule has 72 valence electrons. The first-order valence-electron chi connectivity index (χ1n) is 4.08. The highest BCUT2D eigenvalue weighted by atomic mass is 35.5. The van der Waals surface area contributed by atoms with E-state index in [1.165, 1.54) is 0 Å². The molecule has 4 heteroatoms. The SMILES string of the molecule is N#Cc1ccc(CNC(=O)CCl)cc1. The maximum Gasteiger partial charge on any atom is 0.235 e. The van der Waals surface area contributed by atoms with Crippen LogP contribution in [0, 0.1) is 11.3 Å². The first-order valence-corrected chi connectivity index (χ1v) is 4.61. The quantitative estimate of drug-likeness (QED) is 0.764. The lowest BCUT2D eigenvalue weighted by molar-refractivity contribution is -0.118. The minimum absolute atomic E-state index is 0.0315. The van der Waals surface area contributed by atoms with E-state index in [4.69, 9.17) is 16.9 Å². The molecule has 1 rings (SSSR count). The number of nitrogens with one attached hydrogen (secondary N) is 1. The van der Waals surface area contributed by atoms with Crippen molar-refractivity contribution in [2.75, 3.05) is 5.88 Å². The first-order chi connectivity index (χ1) is 6.76. The van der Waals surface area contributed by atoms with Gasteiger partial charge in [-0.2, -0.15) is 5.26 Å². The molecular formula is C10H9ClN2O. The normalized spacial score (nSPS) is 9.14. The van der Waals surface area contributed by atoms with E-state index in [-0.39, 0.29) is 11.8 Å². The Hall–Kier alpha value is -1.53. The van der Waals surface area contributed by atoms with Crippen molar-refractivity contribution in [3.8, 4) is 6.07 Å². The molecule has 0 fully saturated rings. The summed E-state index contributed by atoms with van der Waals surface area (Å²) in [6, 6.07) is 9.04. The average Bonchev–Trinajstić information content (AvgIpc) is 2.26. The van der Waals surface area contributed by atoms with E-state index in [1.807, 2.05) is 6.07 Å². The number of alkyl halides is 1. The van der Waals surface area contributed by atoms with Crippen LogP contribution in [0.1, 0.15) is 11.1 Å². The summed E-state index contributed by atoms with van der Waals surface area (Å²) in [4.78, 5) is 10.8. The molecule has 0 aliphatic carbocycles. The van der Waals surface area contributed by atoms with Crippen molar-refractivity contribution < 1.29 is 4.79 Å². The summed E-state index contributed by atoms with van der Waals surface area (Å²) in [5, 5.41) is 11.2. The van der Waals surface area contributed by atoms with Gasteiger partial charge in [-0.25, -0.2) is 0 Å². The Bertz CT molecular complexity index is 353. The van der Waals surface area contributed by atoms with Crippen LogP contribution in [0.15, 0.2) is 24.3 Å². The molecule has 0 radical (unpaired) electrons. The molecule has 0 aliphatic heterocycles. The highest BCUT2D eigenvalue weighted by molar-refractivity contribution is 6.27. The summed E-state index contributed by atoms with van der Waals surface area (Å²) >= 11 is 5.31. The molecule has 0 atom stereocenters. The average molecular weight is 209 g/mol. The number of benzene rings is 1. The third-order valence-electron chi connectivity index (χ3n) is 1.69. The van der Waals surface area contributed by atoms with Gasteiger partial charge in [-0.3, -0.25) is 4.79 Å². The van der Waals surface area contributed by atoms with Crippen molar-refractivity contribution >= 4 is 17.5 Å². The number of nitriles is 1. The molecule has 0 bridgehead atoms. The van der Waals surface area contributed by atoms with E-state index < -0.39 is 0 Å². The van der Waals surface area contributed by atoms with Gasteiger partial charge < -0.3 is 5.32 Å². The molecule has 0 heterocycles. The molecule has 0 unspecified atom stereocenters. The van der Waals surface area contributed by atoms with Crippen molar-refractivity contribution in [1.29, 1.82) is 5.26 Å². The van der Waals surface area contributed by atoms with Gasteiger partial charge in [0.25, 0.3) is 0 Å². The van der Waals surface area contributed by atoms with Crippen molar-refractivity contribution in [3.63, 3.8) is 0 Å². The fraction of sp³-hybridized carbons (Fsp3) is 0.200. The van der Waals surface area contributed by atoms with Crippen LogP contribution in [0.25, 0.3) is 0 Å². The Kier molecular flexibility index (Phi) is 3.96. The van der Waals surface area contributed by atoms with E-state index in [0.29, 0.717) is 12.1 Å². The Morgan fingerprint density at radius 3 is 2.57 bits per heavy atom. The van der Waals surface area contributed by atoms with E-state index in [9.17, 15) is 4.79 Å². The van der Waals surface area contributed by atoms with Gasteiger partial charge >= 0.3 is 0 Å². The number of rotatable bonds is 3. The Morgan fingerprint density at radius 1 is 1.43 bits per heavy atom. The minimum atomic E-state index is -0.198. The van der Waals surface area contributed by atoms with Gasteiger partial charge in [0.05, 0.1) is 11.6 Å². The maximum atomic E-state index is 10.8. The van der Waals surface area contributed by atoms with Gasteiger partial charge in [-0.1, -0.05) is 12.1 Å². The summed E-state index contributed by atoms with van der Waals surface area (Å²) in [5.74, 6) is -0.230. The van der Waals surface area contributed by atoms with Crippen LogP contribution in [0.3, 0.4) is 0 Å². The molecule has 0 aliphatic rings. The lowest BCUT2D eigenvalue weighted by Crippen LogP contribution is -2.23. The summed E-state index contributed by atoms with van der Waals surface area (Å²) in [5.41, 5.74) is 1.56. The Morgan fingerprint density at radius 2 is 2.07 bits per heavy atom. The van der Waals surface area contributed by atoms with Gasteiger partial charge in [0, 0.05) is 6.54 Å². The fourth-order valence-corrected chi connectivity index (χ4v) is 1.04. The third kappa shape index (κ3) is 3.08. The zero-order valence-corrected chi connectivity index (χ0v) is 8.21. The third-order valence-corrected chi connectivity index (χ3v) is 1.94. The molecule has 1 aromatic rings. The fourth-order valence-electron chi connectivity index (χ4n) is 0.945. The van der Waals surface area contributed by atoms with E-state index in [1.54, 1.807) is 24.3 Å². The number of hydrogen-bond donors (Lipinski definition) is 1. The molecular weight excluding hydrogens is 200 g/mol. The monoisotopic (exact) mass is 208 g/mol. The standard InChI is InChI=1S/C10H9ClN2O/c11-5-10(14)13-7-9-3-1-8(6-12)2-4-9/h1-4H,5,7H2,(H,13,14). The van der Waals surface area contributed by atoms with Crippen LogP contribution in [-0.4, -0.2) is 11.8 Å². The number of carbonyl (C=O) groups excluding carboxylic acids is 1. The van der Waals surface area contributed by atoms with Crippen molar-refractivity contribution in [2.24, 2.45) is 0 Å². The molecule has 1 amide bonds. The molecule has 1 aromatic carbocycles. The predicted molar refractivity (Wildman–Crippen MR) is 53.7 cm³/mol. The van der Waals surface area contributed by atoms with E-state index >= 15 is 0 Å². The summed E-state index contributed by atoms with van der Waals surface area (Å²) in [7, 11) is 0. The number of hydrogen-bond acceptors (Lipinski definition) is 2. The van der Waals surface area contributed by atoms with Crippen molar-refractivity contribution in [2.45, 2.75) is 6.54 Å². The predicted octanol–water partition coefficient (Wildman–Crippen LogP) is 1.41. The number of nitrogens with zero attached hydrogens (tertiary/aromatic N) is 1. The molecule has 3 nitrogen and oxygen atoms in total. The molecule has 0 spiro atoms. The lowest BCUT2D eigenvalue weighted by atomic mass is 10.1. The van der Waals surface area contributed by atoms with Gasteiger partial charge in [0.1, 0.15) is 5.88 Å². The molecule has 14 heavy (non-hydrogen) atoms. The number of carbonyl (C=O) groups is 1. The Labute approximate surface area is 87.3 Å². The van der Waals surface area contributed by atoms with Crippen LogP contribution in [0.2, 0.25) is 0 Å². The highest BCUT2D eigenvalue weighted by Gasteiger charge is 1.98. The highest BCUT2D eigenvalue weighted by Crippen LogP contribution is 2.02. The maximum absolute atomic E-state index is 10.8. The number of halogens is 1. The van der Waals surface area contributed by atoms with Crippen LogP contribution in [-0.2, 0) is 11.3 Å². The minimum Gasteiger partial charge on any atom is -0.351 e. The van der Waals surface area contributed by atoms with Gasteiger partial charge in [-0.15, -0.1) is 11.6 Å². The first kappa shape index (κ1) is 10.6. The second-order valence-electron chi connectivity index (χ2n) is 2.72. The van der Waals surface area contributed by atoms with Crippen LogP contribution in [0.5, 0.6) is 0 Å². The summed E-state index contributed by atoms with van der Waals surface area (Å²) in [6.45, 7) is 0.442. The summed E-state index contributed by atoms with van der Waals surface area (Å²) in [6.07, 6.45) is 0. The second-order valence-corrected chi connectivity index (χ2v) is 2.99. The van der Waals surface area contributed by atoms with E-state index in [2.05, 4.69) is 5.32 Å². The van der Waals surface area contributed by atoms with E-state index in [0.717, 1.165) is 5.56 Å². The summed E-state index contributed by atoms with van der Waals surface area (Å²) < 4.78 is 0. The van der Waals surface area contributed by atoms with Gasteiger partial charge in [0.2, 0.25) is 5.91 Å². The topological polar surface area (TPSA) is 52.9 Å². The molecule has 1 N–H and O–H groups in total. The largest absolute Gasteiger partial charge is 0.351 e. The lowest BCUT2D eigenvalue weighted by Gasteiger charge is -2.02. The van der Waals surface area contributed by atoms with Gasteiger partial charge in [-0.05, 0) is 17.7 Å². The molecule has 0 aromatic heterocycles. The smallest absolute Gasteiger partial charge is 0.235 e. The molecule has 0 saturated carbocycles. The van der Waals surface area contributed by atoms with Gasteiger partial charge in [0.15, 0.2) is 0 Å². The zero-order valence-electron chi connectivity index (χ0n) is 7.46.